The first-order valence-electron chi connectivity index (χ1n) is 8.79. The molecule has 1 amide bonds. The molecule has 27 heavy (non-hydrogen) atoms. The highest BCUT2D eigenvalue weighted by Crippen LogP contribution is 2.19. The van der Waals surface area contributed by atoms with Gasteiger partial charge < -0.3 is 10.2 Å². The van der Waals surface area contributed by atoms with Gasteiger partial charge in [-0.25, -0.2) is 4.98 Å². The van der Waals surface area contributed by atoms with Gasteiger partial charge in [0.25, 0.3) is 0 Å². The number of carbonyl (C=O) groups excluding carboxylic acids is 1. The molecule has 0 spiro atoms. The number of fused-ring (bicyclic) bond motifs is 1. The predicted octanol–water partition coefficient (Wildman–Crippen LogP) is 4.10. The van der Waals surface area contributed by atoms with E-state index in [1.165, 1.54) is 0 Å². The maximum Gasteiger partial charge on any atom is 0.243 e. The lowest BCUT2D eigenvalue weighted by molar-refractivity contribution is -0.114. The molecule has 3 aromatic carbocycles. The third-order valence-electron chi connectivity index (χ3n) is 4.46. The van der Waals surface area contributed by atoms with Crippen molar-refractivity contribution in [1.82, 2.24) is 9.55 Å². The molecule has 0 aliphatic heterocycles. The molecule has 1 aromatic heterocycles. The van der Waals surface area contributed by atoms with E-state index in [9.17, 15) is 4.79 Å². The fraction of sp³-hybridized carbons (Fsp3) is 0.0909. The van der Waals surface area contributed by atoms with Gasteiger partial charge in [-0.05, 0) is 48.5 Å². The van der Waals surface area contributed by atoms with Gasteiger partial charge in [0, 0.05) is 24.1 Å². The Balaban J connectivity index is 1.44. The Kier molecular flexibility index (Phi) is 4.58. The van der Waals surface area contributed by atoms with Crippen molar-refractivity contribution >= 4 is 28.3 Å². The molecule has 5 nitrogen and oxygen atoms in total. The molecular formula is C22H20N4O. The van der Waals surface area contributed by atoms with Crippen LogP contribution in [0.5, 0.6) is 0 Å². The summed E-state index contributed by atoms with van der Waals surface area (Å²) < 4.78 is 2.03. The summed E-state index contributed by atoms with van der Waals surface area (Å²) >= 11 is 0. The molecule has 0 unspecified atom stereocenters. The lowest BCUT2D eigenvalue weighted by Crippen LogP contribution is -2.29. The smallest absolute Gasteiger partial charge is 0.243 e. The van der Waals surface area contributed by atoms with Gasteiger partial charge in [-0.15, -0.1) is 0 Å². The zero-order valence-electron chi connectivity index (χ0n) is 15.0. The largest absolute Gasteiger partial charge is 0.365 e. The highest BCUT2D eigenvalue weighted by atomic mass is 16.2. The number of rotatable bonds is 5. The van der Waals surface area contributed by atoms with Crippen LogP contribution in [-0.2, 0) is 4.79 Å². The van der Waals surface area contributed by atoms with Gasteiger partial charge in [-0.3, -0.25) is 9.36 Å². The Morgan fingerprint density at radius 3 is 2.44 bits per heavy atom. The Morgan fingerprint density at radius 2 is 1.67 bits per heavy atom. The second-order valence-electron chi connectivity index (χ2n) is 6.39. The van der Waals surface area contributed by atoms with Gasteiger partial charge >= 0.3 is 0 Å². The highest BCUT2D eigenvalue weighted by molar-refractivity contribution is 5.94. The number of imidazole rings is 1. The maximum absolute atomic E-state index is 12.3. The molecule has 5 heteroatoms. The molecule has 1 N–H and O–H groups in total. The molecule has 0 atom stereocenters. The monoisotopic (exact) mass is 356 g/mol. The molecule has 4 aromatic rings. The topological polar surface area (TPSA) is 50.2 Å². The van der Waals surface area contributed by atoms with Gasteiger partial charge in [-0.1, -0.05) is 30.3 Å². The van der Waals surface area contributed by atoms with E-state index < -0.39 is 0 Å². The molecule has 0 saturated carbocycles. The summed E-state index contributed by atoms with van der Waals surface area (Å²) in [5.74, 6) is -0.0535. The summed E-state index contributed by atoms with van der Waals surface area (Å²) in [5.41, 5.74) is 4.80. The van der Waals surface area contributed by atoms with Crippen LogP contribution in [0.25, 0.3) is 16.7 Å². The molecule has 0 saturated heterocycles. The minimum absolute atomic E-state index is 0.0535. The fourth-order valence-corrected chi connectivity index (χ4v) is 3.06. The number of hydrogen-bond donors (Lipinski definition) is 1. The molecule has 0 aliphatic rings. The van der Waals surface area contributed by atoms with Crippen LogP contribution in [0.15, 0.2) is 85.2 Å². The maximum atomic E-state index is 12.3. The van der Waals surface area contributed by atoms with Crippen LogP contribution in [0.3, 0.4) is 0 Å². The number of para-hydroxylation sites is 3. The summed E-state index contributed by atoms with van der Waals surface area (Å²) in [4.78, 5) is 18.6. The molecule has 0 radical (unpaired) electrons. The first-order valence-corrected chi connectivity index (χ1v) is 8.79. The average Bonchev–Trinajstić information content (AvgIpc) is 3.13. The summed E-state index contributed by atoms with van der Waals surface area (Å²) in [7, 11) is 1.90. The number of nitrogens with one attached hydrogen (secondary N) is 1. The fourth-order valence-electron chi connectivity index (χ4n) is 3.06. The summed E-state index contributed by atoms with van der Waals surface area (Å²) in [5, 5.41) is 2.95. The van der Waals surface area contributed by atoms with Gasteiger partial charge in [0.05, 0.1) is 17.6 Å². The van der Waals surface area contributed by atoms with E-state index in [1.54, 1.807) is 0 Å². The predicted molar refractivity (Wildman–Crippen MR) is 109 cm³/mol. The normalized spacial score (nSPS) is 10.7. The van der Waals surface area contributed by atoms with Crippen molar-refractivity contribution in [3.8, 4) is 5.69 Å². The number of aromatic nitrogens is 2. The van der Waals surface area contributed by atoms with Crippen LogP contribution in [0, 0.1) is 0 Å². The molecule has 0 aliphatic carbocycles. The minimum atomic E-state index is -0.0535. The quantitative estimate of drug-likeness (QED) is 0.586. The summed E-state index contributed by atoms with van der Waals surface area (Å²) in [6, 6.07) is 25.6. The number of nitrogens with zero attached hydrogens (tertiary/aromatic N) is 3. The first kappa shape index (κ1) is 16.8. The second-order valence-corrected chi connectivity index (χ2v) is 6.39. The molecule has 0 bridgehead atoms. The van der Waals surface area contributed by atoms with Crippen molar-refractivity contribution in [2.24, 2.45) is 0 Å². The van der Waals surface area contributed by atoms with E-state index in [4.69, 9.17) is 0 Å². The number of carbonyl (C=O) groups is 1. The third kappa shape index (κ3) is 3.67. The Hall–Kier alpha value is -3.60. The second kappa shape index (κ2) is 7.33. The van der Waals surface area contributed by atoms with Crippen LogP contribution >= 0.6 is 0 Å². The van der Waals surface area contributed by atoms with Crippen LogP contribution in [0.1, 0.15) is 0 Å². The molecule has 4 rings (SSSR count). The number of amides is 1. The SMILES string of the molecule is CN(CC(=O)Nc1ccc(-n2cnc3ccccc32)cc1)c1ccccc1. The van der Waals surface area contributed by atoms with Gasteiger partial charge in [0.1, 0.15) is 6.33 Å². The first-order chi connectivity index (χ1) is 13.2. The standard InChI is InChI=1S/C22H20N4O/c1-25(18-7-3-2-4-8-18)15-22(27)24-17-11-13-19(14-12-17)26-16-23-20-9-5-6-10-21(20)26/h2-14,16H,15H2,1H3,(H,24,27). The van der Waals surface area contributed by atoms with Crippen molar-refractivity contribution in [2.75, 3.05) is 23.8 Å². The number of benzene rings is 3. The van der Waals surface area contributed by atoms with E-state index in [0.29, 0.717) is 0 Å². The van der Waals surface area contributed by atoms with Crippen LogP contribution in [0.4, 0.5) is 11.4 Å². The van der Waals surface area contributed by atoms with E-state index in [-0.39, 0.29) is 12.5 Å². The van der Waals surface area contributed by atoms with Crippen molar-refractivity contribution in [1.29, 1.82) is 0 Å². The average molecular weight is 356 g/mol. The molecule has 1 heterocycles. The van der Waals surface area contributed by atoms with E-state index in [1.807, 2.05) is 102 Å². The van der Waals surface area contributed by atoms with Crippen molar-refractivity contribution in [3.05, 3.63) is 85.2 Å². The zero-order chi connectivity index (χ0) is 18.6. The highest BCUT2D eigenvalue weighted by Gasteiger charge is 2.08. The van der Waals surface area contributed by atoms with Crippen LogP contribution < -0.4 is 10.2 Å². The lowest BCUT2D eigenvalue weighted by atomic mass is 10.2. The Labute approximate surface area is 157 Å². The van der Waals surface area contributed by atoms with Gasteiger partial charge in [0.2, 0.25) is 5.91 Å². The van der Waals surface area contributed by atoms with Crippen molar-refractivity contribution in [3.63, 3.8) is 0 Å². The number of anilines is 2. The lowest BCUT2D eigenvalue weighted by Gasteiger charge is -2.18. The third-order valence-corrected chi connectivity index (χ3v) is 4.46. The van der Waals surface area contributed by atoms with Crippen molar-refractivity contribution < 1.29 is 4.79 Å². The Bertz CT molecular complexity index is 1050. The van der Waals surface area contributed by atoms with Crippen molar-refractivity contribution in [2.45, 2.75) is 0 Å². The molecule has 134 valence electrons. The van der Waals surface area contributed by atoms with E-state index in [2.05, 4.69) is 10.3 Å². The summed E-state index contributed by atoms with van der Waals surface area (Å²) in [6.45, 7) is 0.290. The van der Waals surface area contributed by atoms with E-state index in [0.717, 1.165) is 28.1 Å². The molecular weight excluding hydrogens is 336 g/mol. The summed E-state index contributed by atoms with van der Waals surface area (Å²) in [6.07, 6.45) is 1.81. The number of hydrogen-bond acceptors (Lipinski definition) is 3. The minimum Gasteiger partial charge on any atom is -0.365 e. The zero-order valence-corrected chi connectivity index (χ0v) is 15.0. The Morgan fingerprint density at radius 1 is 0.963 bits per heavy atom. The van der Waals surface area contributed by atoms with Crippen LogP contribution in [0.2, 0.25) is 0 Å². The van der Waals surface area contributed by atoms with E-state index >= 15 is 0 Å². The van der Waals surface area contributed by atoms with Crippen LogP contribution in [-0.4, -0.2) is 29.1 Å². The number of likely N-dealkylation sites (N-methyl/N-ethyl adjacent to an activating group) is 1. The van der Waals surface area contributed by atoms with Gasteiger partial charge in [0.15, 0.2) is 0 Å². The van der Waals surface area contributed by atoms with Gasteiger partial charge in [-0.2, -0.15) is 0 Å². The molecule has 0 fully saturated rings.